The second kappa shape index (κ2) is 14.0. The van der Waals surface area contributed by atoms with Crippen molar-refractivity contribution >= 4 is 11.9 Å². The van der Waals surface area contributed by atoms with E-state index in [4.69, 9.17) is 4.74 Å². The van der Waals surface area contributed by atoms with Crippen LogP contribution in [0.5, 0.6) is 5.75 Å². The fraction of sp³-hybridized carbons (Fsp3) is 0.355. The summed E-state index contributed by atoms with van der Waals surface area (Å²) < 4.78 is 5.44. The highest BCUT2D eigenvalue weighted by Crippen LogP contribution is 2.37. The lowest BCUT2D eigenvalue weighted by Crippen LogP contribution is -2.48. The number of benzene rings is 2. The Morgan fingerprint density at radius 3 is 2.46 bits per heavy atom. The smallest absolute Gasteiger partial charge is 0.255 e. The Morgan fingerprint density at radius 1 is 1.08 bits per heavy atom. The van der Waals surface area contributed by atoms with Crippen LogP contribution < -0.4 is 15.4 Å². The summed E-state index contributed by atoms with van der Waals surface area (Å²) in [5.74, 6) is 1.26. The first-order chi connectivity index (χ1) is 19.1. The lowest BCUT2D eigenvalue weighted by Gasteiger charge is -2.40. The molecular formula is C31H36N6O2. The first-order valence-electron chi connectivity index (χ1n) is 13.5. The third-order valence-electron chi connectivity index (χ3n) is 7.26. The Kier molecular flexibility index (Phi) is 9.90. The number of rotatable bonds is 9. The normalized spacial score (nSPS) is 17.9. The maximum atomic E-state index is 13.4. The Labute approximate surface area is 230 Å². The minimum absolute atomic E-state index is 0.130. The number of nitriles is 1. The molecule has 0 aliphatic heterocycles. The zero-order chi connectivity index (χ0) is 27.5. The quantitative estimate of drug-likeness (QED) is 0.175. The average Bonchev–Trinajstić information content (AvgIpc) is 2.99. The number of pyridine rings is 1. The van der Waals surface area contributed by atoms with Crippen LogP contribution in [0, 0.1) is 17.4 Å². The van der Waals surface area contributed by atoms with E-state index >= 15 is 0 Å². The van der Waals surface area contributed by atoms with Crippen LogP contribution in [0.15, 0.2) is 84.0 Å². The Morgan fingerprint density at radius 2 is 1.79 bits per heavy atom. The van der Waals surface area contributed by atoms with Gasteiger partial charge in [-0.2, -0.15) is 5.26 Å². The van der Waals surface area contributed by atoms with Crippen molar-refractivity contribution in [1.29, 1.82) is 5.26 Å². The van der Waals surface area contributed by atoms with Gasteiger partial charge in [0, 0.05) is 18.8 Å². The maximum Gasteiger partial charge on any atom is 0.255 e. The number of aromatic nitrogens is 1. The summed E-state index contributed by atoms with van der Waals surface area (Å²) in [4.78, 5) is 24.7. The summed E-state index contributed by atoms with van der Waals surface area (Å²) in [5, 5.41) is 15.5. The van der Waals surface area contributed by atoms with Crippen molar-refractivity contribution in [3.8, 4) is 11.9 Å². The molecule has 202 valence electrons. The van der Waals surface area contributed by atoms with Crippen molar-refractivity contribution in [2.75, 3.05) is 13.7 Å². The van der Waals surface area contributed by atoms with Gasteiger partial charge in [0.15, 0.2) is 6.19 Å². The Bertz CT molecular complexity index is 1270. The molecule has 0 bridgehead atoms. The monoisotopic (exact) mass is 524 g/mol. The van der Waals surface area contributed by atoms with Gasteiger partial charge in [-0.3, -0.25) is 20.1 Å². The number of carbonyl (C=O) groups excluding carboxylic acids is 1. The van der Waals surface area contributed by atoms with E-state index < -0.39 is 0 Å². The predicted octanol–water partition coefficient (Wildman–Crippen LogP) is 5.07. The second-order valence-electron chi connectivity index (χ2n) is 9.61. The number of hydrogen-bond donors (Lipinski definition) is 2. The molecule has 3 aromatic rings. The zero-order valence-electron chi connectivity index (χ0n) is 22.6. The number of hydrogen-bond acceptors (Lipinski definition) is 5. The van der Waals surface area contributed by atoms with Gasteiger partial charge >= 0.3 is 0 Å². The molecule has 1 aromatic heterocycles. The lowest BCUT2D eigenvalue weighted by atomic mass is 9.78. The molecule has 1 amide bonds. The third kappa shape index (κ3) is 7.14. The van der Waals surface area contributed by atoms with Gasteiger partial charge in [0.1, 0.15) is 5.75 Å². The summed E-state index contributed by atoms with van der Waals surface area (Å²) >= 11 is 0. The van der Waals surface area contributed by atoms with Crippen LogP contribution in [0.4, 0.5) is 0 Å². The van der Waals surface area contributed by atoms with Gasteiger partial charge < -0.3 is 15.0 Å². The first-order valence-corrected chi connectivity index (χ1v) is 13.5. The molecule has 0 radical (unpaired) electrons. The fourth-order valence-electron chi connectivity index (χ4n) is 5.38. The average molecular weight is 525 g/mol. The predicted molar refractivity (Wildman–Crippen MR) is 152 cm³/mol. The molecule has 2 N–H and O–H groups in total. The standard InChI is InChI=1S/C31H36N6O2/c1-3-33-31(35-22-32)37(21-25-13-9-10-20-34-25)26-18-16-24(17-19-26)29(23-11-5-4-6-12-23)36-30(38)27-14-7-8-15-28(27)39-2/h4-15,20,24,26,29H,3,16-19,21H2,1-2H3,(H,33,35)(H,36,38). The minimum atomic E-state index is -0.143. The zero-order valence-corrected chi connectivity index (χ0v) is 22.6. The third-order valence-corrected chi connectivity index (χ3v) is 7.26. The van der Waals surface area contributed by atoms with Gasteiger partial charge in [0.2, 0.25) is 5.96 Å². The molecule has 1 aliphatic carbocycles. The molecule has 1 unspecified atom stereocenters. The van der Waals surface area contributed by atoms with E-state index in [9.17, 15) is 10.1 Å². The lowest BCUT2D eigenvalue weighted by molar-refractivity contribution is 0.0898. The fourth-order valence-corrected chi connectivity index (χ4v) is 5.38. The Balaban J connectivity index is 1.54. The van der Waals surface area contributed by atoms with Crippen LogP contribution >= 0.6 is 0 Å². The van der Waals surface area contributed by atoms with E-state index in [2.05, 4.69) is 43.8 Å². The summed E-state index contributed by atoms with van der Waals surface area (Å²) in [6.07, 6.45) is 7.48. The number of methoxy groups -OCH3 is 1. The number of para-hydroxylation sites is 1. The molecule has 4 rings (SSSR count). The van der Waals surface area contributed by atoms with Gasteiger partial charge in [-0.25, -0.2) is 0 Å². The molecule has 0 saturated heterocycles. The molecule has 8 heteroatoms. The largest absolute Gasteiger partial charge is 0.496 e. The van der Waals surface area contributed by atoms with Gasteiger partial charge in [-0.1, -0.05) is 48.5 Å². The van der Waals surface area contributed by atoms with Crippen LogP contribution in [0.2, 0.25) is 0 Å². The van der Waals surface area contributed by atoms with E-state index in [1.807, 2.05) is 55.5 Å². The van der Waals surface area contributed by atoms with Crippen LogP contribution in [-0.2, 0) is 6.54 Å². The molecule has 8 nitrogen and oxygen atoms in total. The van der Waals surface area contributed by atoms with Crippen LogP contribution in [0.1, 0.15) is 60.3 Å². The second-order valence-corrected chi connectivity index (χ2v) is 9.61. The molecule has 1 atom stereocenters. The molecule has 1 heterocycles. The van der Waals surface area contributed by atoms with Crippen molar-refractivity contribution in [2.45, 2.75) is 51.2 Å². The van der Waals surface area contributed by atoms with E-state index in [-0.39, 0.29) is 23.9 Å². The number of ether oxygens (including phenoxy) is 1. The molecule has 1 aliphatic rings. The first kappa shape index (κ1) is 27.6. The van der Waals surface area contributed by atoms with Gasteiger partial charge in [0.25, 0.3) is 5.91 Å². The minimum Gasteiger partial charge on any atom is -0.496 e. The number of carbonyl (C=O) groups is 1. The van der Waals surface area contributed by atoms with Crippen molar-refractivity contribution < 1.29 is 9.53 Å². The SMILES string of the molecule is CCN=C(NC#N)N(Cc1ccccn1)C1CCC(C(NC(=O)c2ccccc2OC)c2ccccc2)CC1. The Hall–Kier alpha value is -4.38. The van der Waals surface area contributed by atoms with Crippen LogP contribution in [0.25, 0.3) is 0 Å². The van der Waals surface area contributed by atoms with E-state index in [0.717, 1.165) is 36.9 Å². The van der Waals surface area contributed by atoms with Gasteiger partial charge in [0.05, 0.1) is 31.0 Å². The van der Waals surface area contributed by atoms with Crippen molar-refractivity contribution in [3.05, 3.63) is 95.8 Å². The summed E-state index contributed by atoms with van der Waals surface area (Å²) in [6, 6.07) is 23.4. The highest BCUT2D eigenvalue weighted by molar-refractivity contribution is 5.97. The molecule has 2 aromatic carbocycles. The van der Waals surface area contributed by atoms with E-state index in [1.165, 1.54) is 0 Å². The van der Waals surface area contributed by atoms with Crippen molar-refractivity contribution in [3.63, 3.8) is 0 Å². The molecule has 1 fully saturated rings. The van der Waals surface area contributed by atoms with Gasteiger partial charge in [-0.05, 0) is 68.4 Å². The molecule has 0 spiro atoms. The highest BCUT2D eigenvalue weighted by Gasteiger charge is 2.33. The van der Waals surface area contributed by atoms with Gasteiger partial charge in [-0.15, -0.1) is 0 Å². The molecular weight excluding hydrogens is 488 g/mol. The summed E-state index contributed by atoms with van der Waals surface area (Å²) in [7, 11) is 1.58. The number of amides is 1. The molecule has 1 saturated carbocycles. The highest BCUT2D eigenvalue weighted by atomic mass is 16.5. The summed E-state index contributed by atoms with van der Waals surface area (Å²) in [6.45, 7) is 3.10. The van der Waals surface area contributed by atoms with Crippen LogP contribution in [-0.4, -0.2) is 41.4 Å². The summed E-state index contributed by atoms with van der Waals surface area (Å²) in [5.41, 5.74) is 2.54. The number of nitrogens with zero attached hydrogens (tertiary/aromatic N) is 4. The number of nitrogens with one attached hydrogen (secondary N) is 2. The maximum absolute atomic E-state index is 13.4. The van der Waals surface area contributed by atoms with Crippen molar-refractivity contribution in [2.24, 2.45) is 10.9 Å². The number of guanidine groups is 1. The number of aliphatic imine (C=N–C) groups is 1. The molecule has 39 heavy (non-hydrogen) atoms. The van der Waals surface area contributed by atoms with Crippen molar-refractivity contribution in [1.82, 2.24) is 20.5 Å². The topological polar surface area (TPSA) is 103 Å². The van der Waals surface area contributed by atoms with E-state index in [0.29, 0.717) is 30.4 Å². The van der Waals surface area contributed by atoms with Crippen LogP contribution in [0.3, 0.4) is 0 Å². The van der Waals surface area contributed by atoms with E-state index in [1.54, 1.807) is 25.4 Å².